The molecule has 1 N–H and O–H groups in total. The first-order valence-corrected chi connectivity index (χ1v) is 6.92. The number of hydrogen-bond acceptors (Lipinski definition) is 2. The maximum absolute atomic E-state index is 12.8. The van der Waals surface area contributed by atoms with Crippen LogP contribution in [-0.4, -0.2) is 34.0 Å². The lowest BCUT2D eigenvalue weighted by molar-refractivity contribution is -0.142. The Bertz CT molecular complexity index is 614. The Labute approximate surface area is 129 Å². The van der Waals surface area contributed by atoms with Gasteiger partial charge in [-0.15, -0.1) is 0 Å². The minimum atomic E-state index is -4.64. The van der Waals surface area contributed by atoms with E-state index in [4.69, 9.17) is 16.7 Å². The zero-order valence-corrected chi connectivity index (χ0v) is 12.3. The van der Waals surface area contributed by atoms with Crippen LogP contribution in [0.15, 0.2) is 18.2 Å². The number of carboxylic acid groups (broad SMARTS) is 1. The highest BCUT2D eigenvalue weighted by atomic mass is 35.5. The van der Waals surface area contributed by atoms with Crippen molar-refractivity contribution in [3.05, 3.63) is 34.3 Å². The molecular formula is C14H13ClF3NO3. The van der Waals surface area contributed by atoms with Gasteiger partial charge in [0, 0.05) is 16.6 Å². The predicted molar refractivity (Wildman–Crippen MR) is 72.7 cm³/mol. The zero-order valence-electron chi connectivity index (χ0n) is 11.5. The van der Waals surface area contributed by atoms with Crippen LogP contribution < -0.4 is 0 Å². The molecule has 4 nitrogen and oxygen atoms in total. The summed E-state index contributed by atoms with van der Waals surface area (Å²) in [6.07, 6.45) is -3.37. The van der Waals surface area contributed by atoms with E-state index in [1.807, 2.05) is 0 Å². The van der Waals surface area contributed by atoms with Crippen molar-refractivity contribution < 1.29 is 27.9 Å². The van der Waals surface area contributed by atoms with Crippen LogP contribution >= 0.6 is 11.6 Å². The Morgan fingerprint density at radius 3 is 2.36 bits per heavy atom. The maximum Gasteiger partial charge on any atom is 0.416 e. The monoisotopic (exact) mass is 335 g/mol. The number of benzene rings is 1. The van der Waals surface area contributed by atoms with Crippen molar-refractivity contribution in [2.45, 2.75) is 38.0 Å². The van der Waals surface area contributed by atoms with Crippen molar-refractivity contribution in [2.75, 3.05) is 0 Å². The summed E-state index contributed by atoms with van der Waals surface area (Å²) in [5.74, 6) is -1.97. The quantitative estimate of drug-likeness (QED) is 0.917. The third-order valence-corrected chi connectivity index (χ3v) is 3.64. The molecule has 0 aromatic heterocycles. The summed E-state index contributed by atoms with van der Waals surface area (Å²) in [4.78, 5) is 24.6. The molecule has 1 aliphatic rings. The number of rotatable bonds is 4. The molecule has 8 heteroatoms. The molecule has 0 bridgehead atoms. The lowest BCUT2D eigenvalue weighted by atomic mass is 10.1. The van der Waals surface area contributed by atoms with Crippen molar-refractivity contribution in [1.82, 2.24) is 4.90 Å². The van der Waals surface area contributed by atoms with Gasteiger partial charge in [-0.2, -0.15) is 13.2 Å². The Morgan fingerprint density at radius 2 is 1.91 bits per heavy atom. The van der Waals surface area contributed by atoms with Gasteiger partial charge in [0.25, 0.3) is 5.91 Å². The number of aliphatic carboxylic acids is 1. The van der Waals surface area contributed by atoms with Gasteiger partial charge in [-0.1, -0.05) is 11.6 Å². The SMILES string of the molecule is CC(C(=O)O)N(C(=O)c1cc(Cl)cc(C(F)(F)F)c1)C1CC1. The van der Waals surface area contributed by atoms with Crippen LogP contribution in [0, 0.1) is 0 Å². The standard InChI is InChI=1S/C14H13ClF3NO3/c1-7(13(21)22)19(11-2-3-11)12(20)8-4-9(14(16,17)18)6-10(15)5-8/h4-7,11H,2-3H2,1H3,(H,21,22). The lowest BCUT2D eigenvalue weighted by Crippen LogP contribution is -2.44. The summed E-state index contributed by atoms with van der Waals surface area (Å²) >= 11 is 5.66. The van der Waals surface area contributed by atoms with Crippen molar-refractivity contribution in [3.8, 4) is 0 Å². The summed E-state index contributed by atoms with van der Waals surface area (Å²) in [5.41, 5.74) is -1.30. The molecule has 0 heterocycles. The van der Waals surface area contributed by atoms with E-state index >= 15 is 0 Å². The van der Waals surface area contributed by atoms with E-state index in [1.165, 1.54) is 6.92 Å². The first kappa shape index (κ1) is 16.6. The fourth-order valence-electron chi connectivity index (χ4n) is 2.16. The molecule has 1 atom stereocenters. The minimum absolute atomic E-state index is 0.225. The Kier molecular flexibility index (Phi) is 4.37. The molecule has 0 aliphatic heterocycles. The van der Waals surface area contributed by atoms with Crippen molar-refractivity contribution in [3.63, 3.8) is 0 Å². The molecule has 120 valence electrons. The molecule has 1 aliphatic carbocycles. The van der Waals surface area contributed by atoms with Crippen molar-refractivity contribution in [2.24, 2.45) is 0 Å². The second-order valence-electron chi connectivity index (χ2n) is 5.18. The van der Waals surface area contributed by atoms with E-state index in [1.54, 1.807) is 0 Å². The largest absolute Gasteiger partial charge is 0.480 e. The summed E-state index contributed by atoms with van der Waals surface area (Å²) in [6, 6.07) is 1.15. The molecule has 1 saturated carbocycles. The molecule has 22 heavy (non-hydrogen) atoms. The van der Waals surface area contributed by atoms with Gasteiger partial charge in [0.05, 0.1) is 5.56 Å². The highest BCUT2D eigenvalue weighted by molar-refractivity contribution is 6.31. The highest BCUT2D eigenvalue weighted by Crippen LogP contribution is 2.34. The molecule has 0 spiro atoms. The second kappa shape index (κ2) is 5.79. The van der Waals surface area contributed by atoms with E-state index in [0.717, 1.165) is 17.0 Å². The Morgan fingerprint density at radius 1 is 1.32 bits per heavy atom. The van der Waals surface area contributed by atoms with Gasteiger partial charge in [0.2, 0.25) is 0 Å². The van der Waals surface area contributed by atoms with Gasteiger partial charge in [-0.05, 0) is 38.0 Å². The van der Waals surface area contributed by atoms with Crippen molar-refractivity contribution in [1.29, 1.82) is 0 Å². The van der Waals surface area contributed by atoms with Crippen LogP contribution in [0.2, 0.25) is 5.02 Å². The fraction of sp³-hybridized carbons (Fsp3) is 0.429. The van der Waals surface area contributed by atoms with Crippen molar-refractivity contribution >= 4 is 23.5 Å². The van der Waals surface area contributed by atoms with Crippen LogP contribution in [-0.2, 0) is 11.0 Å². The number of hydrogen-bond donors (Lipinski definition) is 1. The summed E-state index contributed by atoms with van der Waals surface area (Å²) in [5, 5.41) is 8.84. The predicted octanol–water partition coefficient (Wildman–Crippen LogP) is 3.44. The molecule has 0 radical (unpaired) electrons. The first-order chi connectivity index (χ1) is 10.1. The lowest BCUT2D eigenvalue weighted by Gasteiger charge is -2.26. The van der Waals surface area contributed by atoms with E-state index in [-0.39, 0.29) is 16.6 Å². The number of carbonyl (C=O) groups is 2. The minimum Gasteiger partial charge on any atom is -0.480 e. The molecule has 1 unspecified atom stereocenters. The second-order valence-corrected chi connectivity index (χ2v) is 5.62. The van der Waals surface area contributed by atoms with Gasteiger partial charge in [-0.25, -0.2) is 4.79 Å². The zero-order chi connectivity index (χ0) is 16.7. The molecule has 2 rings (SSSR count). The first-order valence-electron chi connectivity index (χ1n) is 6.54. The van der Waals surface area contributed by atoms with Gasteiger partial charge >= 0.3 is 12.1 Å². The summed E-state index contributed by atoms with van der Waals surface area (Å²) in [7, 11) is 0. The smallest absolute Gasteiger partial charge is 0.416 e. The van der Waals surface area contributed by atoms with E-state index in [0.29, 0.717) is 18.9 Å². The van der Waals surface area contributed by atoms with Crippen LogP contribution in [0.1, 0.15) is 35.7 Å². The molecule has 1 aromatic rings. The van der Waals surface area contributed by atoms with E-state index < -0.39 is 29.7 Å². The number of carbonyl (C=O) groups excluding carboxylic acids is 1. The summed E-state index contributed by atoms with van der Waals surface area (Å²) in [6.45, 7) is 1.33. The Hall–Kier alpha value is -1.76. The average Bonchev–Trinajstić information content (AvgIpc) is 3.21. The molecule has 0 saturated heterocycles. The molecule has 1 fully saturated rings. The number of amides is 1. The van der Waals surface area contributed by atoms with E-state index in [9.17, 15) is 22.8 Å². The maximum atomic E-state index is 12.8. The van der Waals surface area contributed by atoms with Gasteiger partial charge < -0.3 is 10.0 Å². The number of carboxylic acids is 1. The van der Waals surface area contributed by atoms with Crippen LogP contribution in [0.25, 0.3) is 0 Å². The van der Waals surface area contributed by atoms with Gasteiger partial charge in [-0.3, -0.25) is 4.79 Å². The fourth-order valence-corrected chi connectivity index (χ4v) is 2.39. The Balaban J connectivity index is 2.39. The molecule has 1 amide bonds. The van der Waals surface area contributed by atoms with Crippen LogP contribution in [0.4, 0.5) is 13.2 Å². The highest BCUT2D eigenvalue weighted by Gasteiger charge is 2.39. The number of halogens is 4. The number of alkyl halides is 3. The molecular weight excluding hydrogens is 323 g/mol. The molecule has 1 aromatic carbocycles. The number of nitrogens with zero attached hydrogens (tertiary/aromatic N) is 1. The normalized spacial score (nSPS) is 16.2. The van der Waals surface area contributed by atoms with Crippen LogP contribution in [0.3, 0.4) is 0 Å². The third-order valence-electron chi connectivity index (χ3n) is 3.42. The third kappa shape index (κ3) is 3.52. The topological polar surface area (TPSA) is 57.6 Å². The van der Waals surface area contributed by atoms with E-state index in [2.05, 4.69) is 0 Å². The summed E-state index contributed by atoms with van der Waals surface area (Å²) < 4.78 is 38.4. The van der Waals surface area contributed by atoms with Gasteiger partial charge in [0.1, 0.15) is 6.04 Å². The van der Waals surface area contributed by atoms with Crippen LogP contribution in [0.5, 0.6) is 0 Å². The average molecular weight is 336 g/mol. The van der Waals surface area contributed by atoms with Gasteiger partial charge in [0.15, 0.2) is 0 Å².